The summed E-state index contributed by atoms with van der Waals surface area (Å²) in [4.78, 5) is 0. The summed E-state index contributed by atoms with van der Waals surface area (Å²) >= 11 is 0. The predicted molar refractivity (Wildman–Crippen MR) is 57.2 cm³/mol. The fourth-order valence-corrected chi connectivity index (χ4v) is 1.84. The fraction of sp³-hybridized carbons (Fsp3) is 0.500. The first kappa shape index (κ1) is 10.4. The molecular formula is C12H16FNO. The van der Waals surface area contributed by atoms with Crippen LogP contribution in [0.4, 0.5) is 4.39 Å². The molecule has 2 unspecified atom stereocenters. The van der Waals surface area contributed by atoms with E-state index in [9.17, 15) is 4.39 Å². The van der Waals surface area contributed by atoms with Crippen LogP contribution < -0.4 is 10.5 Å². The summed E-state index contributed by atoms with van der Waals surface area (Å²) < 4.78 is 18.2. The van der Waals surface area contributed by atoms with Gasteiger partial charge in [-0.05, 0) is 43.4 Å². The summed E-state index contributed by atoms with van der Waals surface area (Å²) in [5.74, 6) is 1.78. The van der Waals surface area contributed by atoms with Gasteiger partial charge in [0, 0.05) is 6.07 Å². The van der Waals surface area contributed by atoms with Crippen LogP contribution in [0.15, 0.2) is 24.3 Å². The standard InChI is InChI=1S/C12H16FNO/c13-11-2-1-3-12(7-11)15-5-4-9-6-10(9)8-14/h1-3,7,9-10H,4-6,8,14H2. The van der Waals surface area contributed by atoms with Gasteiger partial charge in [-0.1, -0.05) is 6.07 Å². The van der Waals surface area contributed by atoms with E-state index in [1.807, 2.05) is 0 Å². The van der Waals surface area contributed by atoms with Crippen LogP contribution in [-0.4, -0.2) is 13.2 Å². The molecule has 2 atom stereocenters. The average Bonchev–Trinajstić information content (AvgIpc) is 2.97. The molecule has 0 saturated heterocycles. The van der Waals surface area contributed by atoms with Crippen molar-refractivity contribution in [2.24, 2.45) is 17.6 Å². The first-order chi connectivity index (χ1) is 7.29. The summed E-state index contributed by atoms with van der Waals surface area (Å²) in [7, 11) is 0. The Labute approximate surface area is 89.2 Å². The second-order valence-corrected chi connectivity index (χ2v) is 4.09. The molecule has 2 nitrogen and oxygen atoms in total. The highest BCUT2D eigenvalue weighted by molar-refractivity contribution is 5.22. The number of nitrogens with two attached hydrogens (primary N) is 1. The Morgan fingerprint density at radius 2 is 2.27 bits per heavy atom. The van der Waals surface area contributed by atoms with Crippen LogP contribution in [0.5, 0.6) is 5.75 Å². The second-order valence-electron chi connectivity index (χ2n) is 4.09. The molecule has 1 aliphatic carbocycles. The molecule has 0 spiro atoms. The summed E-state index contributed by atoms with van der Waals surface area (Å²) in [6.45, 7) is 1.44. The molecule has 1 fully saturated rings. The Morgan fingerprint density at radius 1 is 1.40 bits per heavy atom. The number of hydrogen-bond donors (Lipinski definition) is 1. The van der Waals surface area contributed by atoms with Crippen molar-refractivity contribution in [1.29, 1.82) is 0 Å². The fourth-order valence-electron chi connectivity index (χ4n) is 1.84. The molecule has 0 radical (unpaired) electrons. The van der Waals surface area contributed by atoms with Crippen molar-refractivity contribution < 1.29 is 9.13 Å². The van der Waals surface area contributed by atoms with Gasteiger partial charge in [0.25, 0.3) is 0 Å². The highest BCUT2D eigenvalue weighted by Gasteiger charge is 2.34. The zero-order valence-electron chi connectivity index (χ0n) is 8.66. The Bertz CT molecular complexity index is 329. The molecule has 2 N–H and O–H groups in total. The lowest BCUT2D eigenvalue weighted by molar-refractivity contribution is 0.298. The van der Waals surface area contributed by atoms with E-state index in [4.69, 9.17) is 10.5 Å². The Kier molecular flexibility index (Phi) is 3.21. The van der Waals surface area contributed by atoms with Crippen LogP contribution >= 0.6 is 0 Å². The van der Waals surface area contributed by atoms with Crippen molar-refractivity contribution in [3.63, 3.8) is 0 Å². The van der Waals surface area contributed by atoms with Crippen LogP contribution in [0.25, 0.3) is 0 Å². The first-order valence-corrected chi connectivity index (χ1v) is 5.38. The maximum absolute atomic E-state index is 12.8. The van der Waals surface area contributed by atoms with Gasteiger partial charge in [-0.15, -0.1) is 0 Å². The van der Waals surface area contributed by atoms with Gasteiger partial charge in [-0.25, -0.2) is 4.39 Å². The molecule has 15 heavy (non-hydrogen) atoms. The van der Waals surface area contributed by atoms with Crippen LogP contribution in [-0.2, 0) is 0 Å². The highest BCUT2D eigenvalue weighted by atomic mass is 19.1. The minimum Gasteiger partial charge on any atom is -0.493 e. The molecule has 1 saturated carbocycles. The number of ether oxygens (including phenoxy) is 1. The van der Waals surface area contributed by atoms with Crippen molar-refractivity contribution in [3.05, 3.63) is 30.1 Å². The third-order valence-electron chi connectivity index (χ3n) is 2.93. The van der Waals surface area contributed by atoms with E-state index in [0.717, 1.165) is 18.9 Å². The third kappa shape index (κ3) is 2.93. The maximum Gasteiger partial charge on any atom is 0.126 e. The third-order valence-corrected chi connectivity index (χ3v) is 2.93. The molecule has 0 aliphatic heterocycles. The largest absolute Gasteiger partial charge is 0.493 e. The smallest absolute Gasteiger partial charge is 0.126 e. The highest BCUT2D eigenvalue weighted by Crippen LogP contribution is 2.40. The van der Waals surface area contributed by atoms with Gasteiger partial charge in [0.1, 0.15) is 11.6 Å². The molecule has 82 valence electrons. The summed E-state index contributed by atoms with van der Waals surface area (Å²) in [6.07, 6.45) is 2.25. The zero-order chi connectivity index (χ0) is 10.7. The molecule has 0 bridgehead atoms. The van der Waals surface area contributed by atoms with Crippen molar-refractivity contribution in [3.8, 4) is 5.75 Å². The van der Waals surface area contributed by atoms with Crippen molar-refractivity contribution >= 4 is 0 Å². The second kappa shape index (κ2) is 4.62. The van der Waals surface area contributed by atoms with Gasteiger partial charge >= 0.3 is 0 Å². The molecular weight excluding hydrogens is 193 g/mol. The molecule has 1 aromatic carbocycles. The van der Waals surface area contributed by atoms with Gasteiger partial charge in [0.15, 0.2) is 0 Å². The molecule has 0 aromatic heterocycles. The van der Waals surface area contributed by atoms with E-state index >= 15 is 0 Å². The van der Waals surface area contributed by atoms with Crippen molar-refractivity contribution in [2.45, 2.75) is 12.8 Å². The van der Waals surface area contributed by atoms with E-state index in [-0.39, 0.29) is 5.82 Å². The normalized spacial score (nSPS) is 23.9. The van der Waals surface area contributed by atoms with E-state index in [0.29, 0.717) is 18.3 Å². The molecule has 1 aromatic rings. The molecule has 2 rings (SSSR count). The van der Waals surface area contributed by atoms with Crippen LogP contribution in [0.2, 0.25) is 0 Å². The lowest BCUT2D eigenvalue weighted by Crippen LogP contribution is -2.05. The van der Waals surface area contributed by atoms with Crippen molar-refractivity contribution in [1.82, 2.24) is 0 Å². The number of benzene rings is 1. The minimum absolute atomic E-state index is 0.251. The monoisotopic (exact) mass is 209 g/mol. The molecule has 1 aliphatic rings. The lowest BCUT2D eigenvalue weighted by atomic mass is 10.2. The van der Waals surface area contributed by atoms with E-state index in [2.05, 4.69) is 0 Å². The maximum atomic E-state index is 12.8. The van der Waals surface area contributed by atoms with Crippen LogP contribution in [0.1, 0.15) is 12.8 Å². The zero-order valence-corrected chi connectivity index (χ0v) is 8.66. The van der Waals surface area contributed by atoms with Gasteiger partial charge < -0.3 is 10.5 Å². The quantitative estimate of drug-likeness (QED) is 0.806. The number of rotatable bonds is 5. The topological polar surface area (TPSA) is 35.2 Å². The van der Waals surface area contributed by atoms with E-state index < -0.39 is 0 Å². The van der Waals surface area contributed by atoms with Gasteiger partial charge in [0.2, 0.25) is 0 Å². The van der Waals surface area contributed by atoms with Crippen molar-refractivity contribution in [2.75, 3.05) is 13.2 Å². The van der Waals surface area contributed by atoms with Gasteiger partial charge in [-0.2, -0.15) is 0 Å². The molecule has 3 heteroatoms. The van der Waals surface area contributed by atoms with E-state index in [1.54, 1.807) is 12.1 Å². The summed E-state index contributed by atoms with van der Waals surface area (Å²) in [5.41, 5.74) is 5.54. The van der Waals surface area contributed by atoms with Crippen LogP contribution in [0.3, 0.4) is 0 Å². The number of halogens is 1. The predicted octanol–water partition coefficient (Wildman–Crippen LogP) is 2.19. The average molecular weight is 209 g/mol. The molecule has 0 amide bonds. The first-order valence-electron chi connectivity index (χ1n) is 5.38. The lowest BCUT2D eigenvalue weighted by Gasteiger charge is -2.05. The Balaban J connectivity index is 1.70. The molecule has 0 heterocycles. The Morgan fingerprint density at radius 3 is 2.93 bits per heavy atom. The number of hydrogen-bond acceptors (Lipinski definition) is 2. The minimum atomic E-state index is -0.251. The summed E-state index contributed by atoms with van der Waals surface area (Å²) in [5, 5.41) is 0. The van der Waals surface area contributed by atoms with Gasteiger partial charge in [-0.3, -0.25) is 0 Å². The van der Waals surface area contributed by atoms with Crippen LogP contribution in [0, 0.1) is 17.7 Å². The Hall–Kier alpha value is -1.09. The van der Waals surface area contributed by atoms with Gasteiger partial charge in [0.05, 0.1) is 6.61 Å². The SMILES string of the molecule is NCC1CC1CCOc1cccc(F)c1. The summed E-state index contributed by atoms with van der Waals surface area (Å²) in [6, 6.07) is 6.26. The van der Waals surface area contributed by atoms with E-state index in [1.165, 1.54) is 18.6 Å².